The molecule has 0 radical (unpaired) electrons. The van der Waals surface area contributed by atoms with Crippen LogP contribution in [-0.4, -0.2) is 28.9 Å². The second kappa shape index (κ2) is 8.52. The highest BCUT2D eigenvalue weighted by molar-refractivity contribution is 5.91. The molecule has 1 aliphatic heterocycles. The van der Waals surface area contributed by atoms with Crippen LogP contribution >= 0.6 is 0 Å². The van der Waals surface area contributed by atoms with Crippen molar-refractivity contribution in [2.75, 3.05) is 18.5 Å². The number of nitrogens with one attached hydrogen (secondary N) is 1. The van der Waals surface area contributed by atoms with Gasteiger partial charge in [0.25, 0.3) is 0 Å². The van der Waals surface area contributed by atoms with Crippen molar-refractivity contribution in [3.8, 4) is 11.8 Å². The van der Waals surface area contributed by atoms with Crippen molar-refractivity contribution in [3.05, 3.63) is 73.1 Å². The molecule has 0 spiro atoms. The lowest BCUT2D eigenvalue weighted by molar-refractivity contribution is -0.117. The molecule has 1 amide bonds. The number of para-hydroxylation sites is 1. The summed E-state index contributed by atoms with van der Waals surface area (Å²) in [5.74, 6) is 6.28. The number of amides is 1. The summed E-state index contributed by atoms with van der Waals surface area (Å²) in [5.41, 5.74) is 0.979. The Kier molecular flexibility index (Phi) is 5.90. The molecule has 1 aromatic carbocycles. The average molecular weight is 361 g/mol. The Labute approximate surface area is 159 Å². The molecule has 1 N–H and O–H groups in total. The number of nitrogens with zero attached hydrogens (tertiary/aromatic N) is 2. The second-order valence-electron chi connectivity index (χ2n) is 6.75. The van der Waals surface area contributed by atoms with Crippen LogP contribution in [0.1, 0.15) is 24.9 Å². The Balaban J connectivity index is 1.72. The van der Waals surface area contributed by atoms with Crippen LogP contribution in [0.25, 0.3) is 0 Å². The van der Waals surface area contributed by atoms with Gasteiger partial charge >= 0.3 is 0 Å². The van der Waals surface area contributed by atoms with Gasteiger partial charge < -0.3 is 10.1 Å². The summed E-state index contributed by atoms with van der Waals surface area (Å²) in [6, 6.07) is 9.70. The van der Waals surface area contributed by atoms with Gasteiger partial charge in [0.2, 0.25) is 5.91 Å². The van der Waals surface area contributed by atoms with Crippen LogP contribution in [0.2, 0.25) is 0 Å². The first-order chi connectivity index (χ1) is 13.1. The maximum absolute atomic E-state index is 12.5. The van der Waals surface area contributed by atoms with Gasteiger partial charge in [-0.15, -0.1) is 0 Å². The predicted molar refractivity (Wildman–Crippen MR) is 106 cm³/mol. The average Bonchev–Trinajstić information content (AvgIpc) is 3.06. The van der Waals surface area contributed by atoms with E-state index in [1.807, 2.05) is 60.3 Å². The fourth-order valence-electron chi connectivity index (χ4n) is 2.68. The lowest BCUT2D eigenvalue weighted by atomic mass is 9.86. The molecule has 1 aliphatic rings. The molecular formula is C22H23N3O2. The fraction of sp³-hybridized carbons (Fsp3) is 0.273. The van der Waals surface area contributed by atoms with Crippen molar-refractivity contribution in [2.24, 2.45) is 5.41 Å². The lowest BCUT2D eigenvalue weighted by Crippen LogP contribution is -2.30. The summed E-state index contributed by atoms with van der Waals surface area (Å²) in [5, 5.41) is 7.25. The molecule has 0 bridgehead atoms. The van der Waals surface area contributed by atoms with E-state index in [1.165, 1.54) is 0 Å². The zero-order valence-electron chi connectivity index (χ0n) is 15.4. The molecule has 2 heterocycles. The van der Waals surface area contributed by atoms with Crippen LogP contribution < -0.4 is 5.32 Å². The number of benzene rings is 1. The van der Waals surface area contributed by atoms with E-state index >= 15 is 0 Å². The smallest absolute Gasteiger partial charge is 0.226 e. The van der Waals surface area contributed by atoms with E-state index in [9.17, 15) is 4.79 Å². The summed E-state index contributed by atoms with van der Waals surface area (Å²) < 4.78 is 7.07. The van der Waals surface area contributed by atoms with Crippen LogP contribution in [-0.2, 0) is 9.53 Å². The third-order valence-corrected chi connectivity index (χ3v) is 4.27. The van der Waals surface area contributed by atoms with Gasteiger partial charge in [-0.2, -0.15) is 5.10 Å². The number of anilines is 1. The largest absolute Gasteiger partial charge is 0.377 e. The summed E-state index contributed by atoms with van der Waals surface area (Å²) in [4.78, 5) is 12.5. The lowest BCUT2D eigenvalue weighted by Gasteiger charge is -2.25. The third kappa shape index (κ3) is 5.19. The minimum atomic E-state index is -0.616. The fourth-order valence-corrected chi connectivity index (χ4v) is 2.68. The molecule has 0 saturated carbocycles. The molecule has 0 aliphatic carbocycles. The second-order valence-corrected chi connectivity index (χ2v) is 6.75. The van der Waals surface area contributed by atoms with E-state index < -0.39 is 5.41 Å². The number of carbonyl (C=O) groups excluding carboxylic acids is 1. The maximum Gasteiger partial charge on any atom is 0.226 e. The molecule has 1 aromatic heterocycles. The van der Waals surface area contributed by atoms with Crippen LogP contribution in [0, 0.1) is 17.3 Å². The van der Waals surface area contributed by atoms with E-state index in [0.717, 1.165) is 11.3 Å². The van der Waals surface area contributed by atoms with Gasteiger partial charge in [-0.1, -0.05) is 54.8 Å². The van der Waals surface area contributed by atoms with Crippen molar-refractivity contribution >= 4 is 11.6 Å². The number of aromatic nitrogens is 2. The summed E-state index contributed by atoms with van der Waals surface area (Å²) in [7, 11) is 0. The van der Waals surface area contributed by atoms with E-state index in [0.29, 0.717) is 19.3 Å². The molecule has 3 rings (SSSR count). The Hall–Kier alpha value is -3.10. The Morgan fingerprint density at radius 2 is 2.22 bits per heavy atom. The summed E-state index contributed by atoms with van der Waals surface area (Å²) >= 11 is 0. The van der Waals surface area contributed by atoms with Crippen LogP contribution in [0.4, 0.5) is 5.69 Å². The van der Waals surface area contributed by atoms with Crippen molar-refractivity contribution in [1.29, 1.82) is 0 Å². The van der Waals surface area contributed by atoms with E-state index in [2.05, 4.69) is 28.8 Å². The normalized spacial score (nSPS) is 16.0. The molecule has 1 atom stereocenters. The van der Waals surface area contributed by atoms with E-state index in [4.69, 9.17) is 4.74 Å². The van der Waals surface area contributed by atoms with Gasteiger partial charge in [-0.3, -0.25) is 9.48 Å². The van der Waals surface area contributed by atoms with Crippen molar-refractivity contribution in [2.45, 2.75) is 19.4 Å². The summed E-state index contributed by atoms with van der Waals surface area (Å²) in [6.45, 7) is 7.02. The van der Waals surface area contributed by atoms with Gasteiger partial charge in [-0.25, -0.2) is 0 Å². The molecule has 138 valence electrons. The molecule has 2 aromatic rings. The summed E-state index contributed by atoms with van der Waals surface area (Å²) in [6.07, 6.45) is 9.31. The molecule has 1 unspecified atom stereocenters. The maximum atomic E-state index is 12.5. The molecular weight excluding hydrogens is 338 g/mol. The minimum absolute atomic E-state index is 0.0889. The minimum Gasteiger partial charge on any atom is -0.377 e. The first kappa shape index (κ1) is 18.7. The predicted octanol–water partition coefficient (Wildman–Crippen LogP) is 3.58. The standard InChI is InChI=1S/C22H23N3O2/c1-3-4-11-22(2,13-21(26)24-19-8-6-5-7-9-19)12-10-18-14-23-25(15-18)20-16-27-17-20/h3-9,11,14-15,20H,1,13,16-17H2,2H3,(H,24,26)/b11-4-. The highest BCUT2D eigenvalue weighted by Gasteiger charge is 2.23. The molecule has 5 nitrogen and oxygen atoms in total. The van der Waals surface area contributed by atoms with Crippen LogP contribution in [0.5, 0.6) is 0 Å². The quantitative estimate of drug-likeness (QED) is 0.632. The first-order valence-electron chi connectivity index (χ1n) is 8.88. The monoisotopic (exact) mass is 361 g/mol. The van der Waals surface area contributed by atoms with Gasteiger partial charge in [0, 0.05) is 18.3 Å². The Morgan fingerprint density at radius 1 is 1.44 bits per heavy atom. The van der Waals surface area contributed by atoms with Gasteiger partial charge in [0.1, 0.15) is 0 Å². The molecule has 27 heavy (non-hydrogen) atoms. The number of ether oxygens (including phenoxy) is 1. The van der Waals surface area contributed by atoms with Gasteiger partial charge in [0.15, 0.2) is 0 Å². The Morgan fingerprint density at radius 3 is 2.89 bits per heavy atom. The number of hydrogen-bond donors (Lipinski definition) is 1. The number of hydrogen-bond acceptors (Lipinski definition) is 3. The first-order valence-corrected chi connectivity index (χ1v) is 8.88. The zero-order chi connectivity index (χ0) is 19.1. The molecule has 1 saturated heterocycles. The number of rotatable bonds is 6. The van der Waals surface area contributed by atoms with E-state index in [-0.39, 0.29) is 12.3 Å². The van der Waals surface area contributed by atoms with Crippen molar-refractivity contribution in [1.82, 2.24) is 9.78 Å². The van der Waals surface area contributed by atoms with Gasteiger partial charge in [0.05, 0.1) is 36.4 Å². The topological polar surface area (TPSA) is 56.2 Å². The highest BCUT2D eigenvalue weighted by atomic mass is 16.5. The number of carbonyl (C=O) groups is 1. The van der Waals surface area contributed by atoms with E-state index in [1.54, 1.807) is 12.3 Å². The number of allylic oxidation sites excluding steroid dienone is 3. The SMILES string of the molecule is C=C/C=C\C(C)(C#Cc1cnn(C2COC2)c1)CC(=O)Nc1ccccc1. The third-order valence-electron chi connectivity index (χ3n) is 4.27. The zero-order valence-corrected chi connectivity index (χ0v) is 15.4. The van der Waals surface area contributed by atoms with Crippen molar-refractivity contribution in [3.63, 3.8) is 0 Å². The molecule has 1 fully saturated rings. The molecule has 5 heteroatoms. The van der Waals surface area contributed by atoms with Crippen LogP contribution in [0.15, 0.2) is 67.5 Å². The highest BCUT2D eigenvalue weighted by Crippen LogP contribution is 2.24. The van der Waals surface area contributed by atoms with Crippen LogP contribution in [0.3, 0.4) is 0 Å². The Bertz CT molecular complexity index is 885. The van der Waals surface area contributed by atoms with Gasteiger partial charge in [-0.05, 0) is 19.1 Å². The van der Waals surface area contributed by atoms with Crippen molar-refractivity contribution < 1.29 is 9.53 Å².